The Hall–Kier alpha value is -1.73. The van der Waals surface area contributed by atoms with Crippen LogP contribution in [0.2, 0.25) is 0 Å². The number of carboxylic acids is 1. The van der Waals surface area contributed by atoms with Crippen LogP contribution in [0.15, 0.2) is 6.20 Å². The number of nitrogens with two attached hydrogens (primary N) is 2. The molecule has 0 saturated heterocycles. The molecule has 0 bridgehead atoms. The van der Waals surface area contributed by atoms with Gasteiger partial charge in [-0.3, -0.25) is 0 Å². The van der Waals surface area contributed by atoms with Crippen molar-refractivity contribution in [2.45, 2.75) is 12.5 Å². The average molecular weight is 504 g/mol. The summed E-state index contributed by atoms with van der Waals surface area (Å²) in [7, 11) is 1.34. The normalized spacial score (nSPS) is 12.4. The number of halogens is 1. The number of hydrogen-bond donors (Lipinski definition) is 4. The van der Waals surface area contributed by atoms with Gasteiger partial charge >= 0.3 is 140 Å². The number of carbonyl (C=O) groups is 2. The van der Waals surface area contributed by atoms with E-state index < -0.39 is 23.7 Å². The zero-order valence-corrected chi connectivity index (χ0v) is 14.4. The Morgan fingerprint density at radius 2 is 2.18 bits per heavy atom. The third kappa shape index (κ3) is 2.66. The molecule has 1 aromatic carbocycles. The molecule has 0 aliphatic heterocycles. The van der Waals surface area contributed by atoms with Crippen LogP contribution in [-0.2, 0) is 11.2 Å². The molecule has 9 heteroatoms. The number of carbonyl (C=O) groups excluding carboxylic acids is 1. The number of aromatic amines is 1. The SMILES string of the molecule is COc1c(C(N)=O)c([At])c(F)c2c(CC(N)C(=O)O)c[nH]c12. The molecule has 0 saturated carbocycles. The molecule has 2 aromatic rings. The quantitative estimate of drug-likeness (QED) is 0.438. The number of benzene rings is 1. The fourth-order valence-corrected chi connectivity index (χ4v) is 3.31. The van der Waals surface area contributed by atoms with E-state index in [1.807, 2.05) is 0 Å². The molecule has 1 unspecified atom stereocenters. The average Bonchev–Trinajstić information content (AvgIpc) is 2.85. The van der Waals surface area contributed by atoms with Gasteiger partial charge in [-0.25, -0.2) is 0 Å². The minimum atomic E-state index is -1.18. The molecule has 1 amide bonds. The fourth-order valence-electron chi connectivity index (χ4n) is 2.25. The number of amides is 1. The summed E-state index contributed by atoms with van der Waals surface area (Å²) >= 11 is 0.939. The molecule has 0 fully saturated rings. The Balaban J connectivity index is 2.74. The van der Waals surface area contributed by atoms with Crippen LogP contribution < -0.4 is 19.5 Å². The van der Waals surface area contributed by atoms with Gasteiger partial charge in [-0.15, -0.1) is 0 Å². The van der Waals surface area contributed by atoms with Gasteiger partial charge in [-0.1, -0.05) is 0 Å². The number of H-pyrrole nitrogens is 1. The zero-order chi connectivity index (χ0) is 16.6. The van der Waals surface area contributed by atoms with Crippen molar-refractivity contribution in [2.75, 3.05) is 7.11 Å². The molecule has 0 aliphatic rings. The Morgan fingerprint density at radius 1 is 1.55 bits per heavy atom. The topological polar surface area (TPSA) is 131 Å². The molecule has 0 radical (unpaired) electrons. The number of aliphatic carboxylic acids is 1. The van der Waals surface area contributed by atoms with Crippen molar-refractivity contribution >= 4 is 26.1 Å². The van der Waals surface area contributed by atoms with Crippen molar-refractivity contribution in [3.05, 3.63) is 23.1 Å². The molecule has 0 spiro atoms. The van der Waals surface area contributed by atoms with Crippen LogP contribution >= 0.6 is 0 Å². The van der Waals surface area contributed by atoms with E-state index in [1.165, 1.54) is 13.3 Å². The van der Waals surface area contributed by atoms with Gasteiger partial charge in [-0.05, 0) is 0 Å². The molecule has 0 aliphatic carbocycles. The van der Waals surface area contributed by atoms with E-state index in [9.17, 15) is 14.0 Å². The Morgan fingerprint density at radius 3 is 2.68 bits per heavy atom. The minimum absolute atomic E-state index is 0.0277. The molecule has 1 heterocycles. The first-order valence-corrected chi connectivity index (χ1v) is 7.59. The van der Waals surface area contributed by atoms with E-state index in [0.717, 1.165) is 24.7 Å². The maximum atomic E-state index is 14.6. The Labute approximate surface area is 139 Å². The number of fused-ring (bicyclic) bond motifs is 1. The second kappa shape index (κ2) is 6.18. The summed E-state index contributed by atoms with van der Waals surface area (Å²) < 4.78 is 19.9. The van der Waals surface area contributed by atoms with Gasteiger partial charge in [0.15, 0.2) is 0 Å². The van der Waals surface area contributed by atoms with Crippen molar-refractivity contribution < 1.29 is 48.5 Å². The van der Waals surface area contributed by atoms with E-state index in [4.69, 9.17) is 21.3 Å². The second-order valence-corrected chi connectivity index (χ2v) is 6.08. The molecule has 22 heavy (non-hydrogen) atoms. The van der Waals surface area contributed by atoms with Gasteiger partial charge in [0.1, 0.15) is 0 Å². The molecule has 2 rings (SSSR count). The first-order valence-electron chi connectivity index (χ1n) is 6.12. The zero-order valence-electron chi connectivity index (χ0n) is 11.4. The number of carboxylic acid groups (broad SMARTS) is 1. The monoisotopic (exact) mass is 504 g/mol. The number of hydrogen-bond acceptors (Lipinski definition) is 4. The maximum absolute atomic E-state index is 14.6. The van der Waals surface area contributed by atoms with E-state index in [2.05, 4.69) is 4.98 Å². The van der Waals surface area contributed by atoms with Crippen molar-refractivity contribution in [3.8, 4) is 5.75 Å². The number of ether oxygens (including phenoxy) is 1. The molecule has 1 atom stereocenters. The molecular formula is C13H13AtFN3O4. The second-order valence-electron chi connectivity index (χ2n) is 4.61. The van der Waals surface area contributed by atoms with Crippen LogP contribution in [0.1, 0.15) is 15.9 Å². The van der Waals surface area contributed by atoms with Crippen molar-refractivity contribution in [1.29, 1.82) is 0 Å². The molecule has 1 aromatic heterocycles. The van der Waals surface area contributed by atoms with Crippen LogP contribution in [0.5, 0.6) is 5.75 Å². The van der Waals surface area contributed by atoms with Gasteiger partial charge in [0.2, 0.25) is 0 Å². The van der Waals surface area contributed by atoms with Gasteiger partial charge in [-0.2, -0.15) is 0 Å². The summed E-state index contributed by atoms with van der Waals surface area (Å²) in [6.45, 7) is 0. The number of aromatic nitrogens is 1. The first kappa shape index (κ1) is 16.6. The van der Waals surface area contributed by atoms with Crippen molar-refractivity contribution in [2.24, 2.45) is 11.5 Å². The van der Waals surface area contributed by atoms with Gasteiger partial charge in [0, 0.05) is 0 Å². The van der Waals surface area contributed by atoms with Crippen molar-refractivity contribution in [1.82, 2.24) is 4.98 Å². The fraction of sp³-hybridized carbons (Fsp3) is 0.231. The summed E-state index contributed by atoms with van der Waals surface area (Å²) in [5, 5.41) is 9.05. The van der Waals surface area contributed by atoms with Crippen LogP contribution in [0.3, 0.4) is 0 Å². The summed E-state index contributed by atoms with van der Waals surface area (Å²) in [6.07, 6.45) is 1.40. The van der Waals surface area contributed by atoms with Crippen LogP contribution in [0, 0.1) is 30.5 Å². The van der Waals surface area contributed by atoms with E-state index in [1.54, 1.807) is 0 Å². The molecular weight excluding hydrogens is 491 g/mol. The van der Waals surface area contributed by atoms with Crippen LogP contribution in [0.25, 0.3) is 10.9 Å². The van der Waals surface area contributed by atoms with Gasteiger partial charge in [0.05, 0.1) is 0 Å². The van der Waals surface area contributed by atoms with Crippen molar-refractivity contribution in [3.63, 3.8) is 0 Å². The van der Waals surface area contributed by atoms with E-state index in [0.29, 0.717) is 5.56 Å². The number of primary amides is 1. The molecule has 7 nitrogen and oxygen atoms in total. The summed E-state index contributed by atoms with van der Waals surface area (Å²) in [5.74, 6) is -2.48. The third-order valence-electron chi connectivity index (χ3n) is 3.26. The summed E-state index contributed by atoms with van der Waals surface area (Å²) in [5.41, 5.74) is 11.4. The molecule has 6 N–H and O–H groups in total. The van der Waals surface area contributed by atoms with E-state index in [-0.39, 0.29) is 31.9 Å². The van der Waals surface area contributed by atoms with Gasteiger partial charge < -0.3 is 0 Å². The molecule has 118 valence electrons. The standard InChI is InChI=1S/C13H13AtFN3O4/c1-22-11-7(12(17)19)8(14)9(15)6-4(3-18-10(6)11)2-5(16)13(20)21/h3,5,18H,2,16H2,1H3,(H2,17,19)(H,20,21). The first-order chi connectivity index (χ1) is 10.3. The summed E-state index contributed by atoms with van der Waals surface area (Å²) in [4.78, 5) is 25.2. The van der Waals surface area contributed by atoms with Crippen LogP contribution in [0.4, 0.5) is 4.39 Å². The third-order valence-corrected chi connectivity index (χ3v) is 4.63. The summed E-state index contributed by atoms with van der Waals surface area (Å²) in [6, 6.07) is -1.16. The Kier molecular flexibility index (Phi) is 4.67. The Bertz CT molecular complexity index is 774. The van der Waals surface area contributed by atoms with Crippen LogP contribution in [-0.4, -0.2) is 35.1 Å². The number of nitrogens with one attached hydrogen (secondary N) is 1. The number of rotatable bonds is 5. The number of methoxy groups -OCH3 is 1. The van der Waals surface area contributed by atoms with E-state index >= 15 is 0 Å². The predicted octanol–water partition coefficient (Wildman–Crippen LogP) is -0.456. The van der Waals surface area contributed by atoms with Gasteiger partial charge in [0.25, 0.3) is 0 Å². The predicted molar refractivity (Wildman–Crippen MR) is 72.3 cm³/mol.